The number of ether oxygens (including phenoxy) is 1. The van der Waals surface area contributed by atoms with Crippen LogP contribution in [0.1, 0.15) is 27.9 Å². The van der Waals surface area contributed by atoms with Gasteiger partial charge >= 0.3 is 0 Å². The maximum absolute atomic E-state index is 12.9. The van der Waals surface area contributed by atoms with Crippen molar-refractivity contribution in [2.24, 2.45) is 0 Å². The number of carbonyl (C=O) groups excluding carboxylic acids is 1. The third kappa shape index (κ3) is 3.03. The van der Waals surface area contributed by atoms with E-state index < -0.39 is 0 Å². The molecule has 0 saturated carbocycles. The first-order valence-corrected chi connectivity index (χ1v) is 8.00. The van der Waals surface area contributed by atoms with Crippen LogP contribution in [-0.2, 0) is 4.74 Å². The van der Waals surface area contributed by atoms with Crippen molar-refractivity contribution in [3.63, 3.8) is 0 Å². The molecule has 0 radical (unpaired) electrons. The van der Waals surface area contributed by atoms with Gasteiger partial charge in [0.25, 0.3) is 5.91 Å². The highest BCUT2D eigenvalue weighted by Gasteiger charge is 2.33. The topological polar surface area (TPSA) is 97.1 Å². The fourth-order valence-corrected chi connectivity index (χ4v) is 2.84. The molecule has 1 fully saturated rings. The fourth-order valence-electron chi connectivity index (χ4n) is 2.84. The number of nitrogens with zero attached hydrogens (tertiary/aromatic N) is 4. The lowest BCUT2D eigenvalue weighted by Crippen LogP contribution is -2.44. The molecule has 3 aromatic rings. The van der Waals surface area contributed by atoms with E-state index in [0.717, 1.165) is 11.3 Å². The number of hydrogen-bond acceptors (Lipinski definition) is 6. The number of carbonyl (C=O) groups is 1. The Bertz CT molecular complexity index is 857. The molecule has 1 unspecified atom stereocenters. The molecule has 8 nitrogen and oxygen atoms in total. The third-order valence-corrected chi connectivity index (χ3v) is 4.22. The van der Waals surface area contributed by atoms with Crippen LogP contribution in [0.3, 0.4) is 0 Å². The van der Waals surface area contributed by atoms with E-state index >= 15 is 0 Å². The quantitative estimate of drug-likeness (QED) is 0.784. The molecule has 25 heavy (non-hydrogen) atoms. The molecule has 0 aliphatic carbocycles. The zero-order valence-electron chi connectivity index (χ0n) is 13.7. The lowest BCUT2D eigenvalue weighted by atomic mass is 10.1. The van der Waals surface area contributed by atoms with E-state index in [1.54, 1.807) is 11.0 Å². The number of hydrogen-bond donors (Lipinski definition) is 1. The van der Waals surface area contributed by atoms with Crippen molar-refractivity contribution < 1.29 is 14.1 Å². The van der Waals surface area contributed by atoms with Gasteiger partial charge in [0.1, 0.15) is 11.7 Å². The Morgan fingerprint density at radius 3 is 2.92 bits per heavy atom. The summed E-state index contributed by atoms with van der Waals surface area (Å²) >= 11 is 0. The van der Waals surface area contributed by atoms with E-state index in [2.05, 4.69) is 20.3 Å². The van der Waals surface area contributed by atoms with Crippen molar-refractivity contribution in [2.75, 3.05) is 19.8 Å². The van der Waals surface area contributed by atoms with Gasteiger partial charge in [0.05, 0.1) is 18.9 Å². The highest BCUT2D eigenvalue weighted by atomic mass is 16.5. The van der Waals surface area contributed by atoms with Crippen molar-refractivity contribution >= 4 is 5.91 Å². The summed E-state index contributed by atoms with van der Waals surface area (Å²) in [6.07, 6.45) is 1.25. The molecule has 4 rings (SSSR count). The Hall–Kier alpha value is -3.00. The standard InChI is InChI=1S/C17H17N5O3/c1-11-2-4-12(5-3-11)13-8-14(20-19-13)17(23)22-6-7-24-9-15(22)16-18-10-25-21-16/h2-5,8,10,15H,6-7,9H2,1H3,(H,19,20). The molecule has 1 aromatic carbocycles. The number of rotatable bonds is 3. The molecule has 1 atom stereocenters. The molecule has 1 N–H and O–H groups in total. The minimum Gasteiger partial charge on any atom is -0.377 e. The van der Waals surface area contributed by atoms with Crippen LogP contribution < -0.4 is 0 Å². The molecule has 2 aromatic heterocycles. The second kappa shape index (κ2) is 6.48. The highest BCUT2D eigenvalue weighted by molar-refractivity contribution is 5.93. The second-order valence-electron chi connectivity index (χ2n) is 5.91. The third-order valence-electron chi connectivity index (χ3n) is 4.22. The maximum atomic E-state index is 12.9. The molecule has 3 heterocycles. The number of amides is 1. The lowest BCUT2D eigenvalue weighted by molar-refractivity contribution is -0.00607. The Kier molecular flexibility index (Phi) is 4.02. The van der Waals surface area contributed by atoms with Crippen LogP contribution in [0.15, 0.2) is 41.2 Å². The predicted octanol–water partition coefficient (Wildman–Crippen LogP) is 1.98. The van der Waals surface area contributed by atoms with Crippen molar-refractivity contribution in [1.29, 1.82) is 0 Å². The monoisotopic (exact) mass is 339 g/mol. The molecule has 1 aliphatic rings. The van der Waals surface area contributed by atoms with Crippen LogP contribution in [0, 0.1) is 6.92 Å². The highest BCUT2D eigenvalue weighted by Crippen LogP contribution is 2.24. The van der Waals surface area contributed by atoms with E-state index in [4.69, 9.17) is 9.26 Å². The van der Waals surface area contributed by atoms with E-state index in [0.29, 0.717) is 31.3 Å². The van der Waals surface area contributed by atoms with Gasteiger partial charge in [0, 0.05) is 12.1 Å². The number of nitrogens with one attached hydrogen (secondary N) is 1. The van der Waals surface area contributed by atoms with Crippen LogP contribution in [0.2, 0.25) is 0 Å². The first-order valence-electron chi connectivity index (χ1n) is 8.00. The molecular formula is C17H17N5O3. The molecule has 0 bridgehead atoms. The van der Waals surface area contributed by atoms with Crippen molar-refractivity contribution in [1.82, 2.24) is 25.2 Å². The minimum absolute atomic E-state index is 0.163. The van der Waals surface area contributed by atoms with Crippen LogP contribution in [-0.4, -0.2) is 50.9 Å². The van der Waals surface area contributed by atoms with Gasteiger partial charge in [0.15, 0.2) is 5.82 Å². The second-order valence-corrected chi connectivity index (χ2v) is 5.91. The van der Waals surface area contributed by atoms with Gasteiger partial charge in [-0.15, -0.1) is 0 Å². The van der Waals surface area contributed by atoms with E-state index in [1.807, 2.05) is 31.2 Å². The predicted molar refractivity (Wildman–Crippen MR) is 87.7 cm³/mol. The summed E-state index contributed by atoms with van der Waals surface area (Å²) in [5, 5.41) is 10.9. The summed E-state index contributed by atoms with van der Waals surface area (Å²) in [5.74, 6) is 0.273. The Morgan fingerprint density at radius 1 is 1.32 bits per heavy atom. The van der Waals surface area contributed by atoms with E-state index in [-0.39, 0.29) is 11.9 Å². The van der Waals surface area contributed by atoms with Gasteiger partial charge in [-0.1, -0.05) is 35.0 Å². The van der Waals surface area contributed by atoms with E-state index in [1.165, 1.54) is 12.0 Å². The van der Waals surface area contributed by atoms with Crippen molar-refractivity contribution in [2.45, 2.75) is 13.0 Å². The van der Waals surface area contributed by atoms with Gasteiger partial charge < -0.3 is 14.2 Å². The van der Waals surface area contributed by atoms with Crippen LogP contribution in [0.5, 0.6) is 0 Å². The number of aryl methyl sites for hydroxylation is 1. The van der Waals surface area contributed by atoms with Crippen molar-refractivity contribution in [3.05, 3.63) is 53.8 Å². The summed E-state index contributed by atoms with van der Waals surface area (Å²) in [6, 6.07) is 9.38. The van der Waals surface area contributed by atoms with Crippen LogP contribution in [0.25, 0.3) is 11.3 Å². The normalized spacial score (nSPS) is 17.6. The number of benzene rings is 1. The largest absolute Gasteiger partial charge is 0.377 e. The maximum Gasteiger partial charge on any atom is 0.272 e. The first kappa shape index (κ1) is 15.5. The summed E-state index contributed by atoms with van der Waals surface area (Å²) < 4.78 is 10.3. The van der Waals surface area contributed by atoms with Crippen LogP contribution in [0.4, 0.5) is 0 Å². The van der Waals surface area contributed by atoms with Gasteiger partial charge in [-0.2, -0.15) is 10.1 Å². The SMILES string of the molecule is Cc1ccc(-c2cc(C(=O)N3CCOCC3c3ncon3)[nH]n2)cc1. The molecule has 0 spiro atoms. The number of morpholine rings is 1. The summed E-state index contributed by atoms with van der Waals surface area (Å²) in [4.78, 5) is 18.6. The number of H-pyrrole nitrogens is 1. The summed E-state index contributed by atoms with van der Waals surface area (Å²) in [6.45, 7) is 3.29. The number of aromatic nitrogens is 4. The minimum atomic E-state index is -0.369. The summed E-state index contributed by atoms with van der Waals surface area (Å²) in [5.41, 5.74) is 3.28. The van der Waals surface area contributed by atoms with E-state index in [9.17, 15) is 4.79 Å². The van der Waals surface area contributed by atoms with Crippen LogP contribution >= 0.6 is 0 Å². The molecule has 1 aliphatic heterocycles. The average Bonchev–Trinajstić information content (AvgIpc) is 3.34. The number of aromatic amines is 1. The zero-order chi connectivity index (χ0) is 17.2. The first-order chi connectivity index (χ1) is 12.2. The Morgan fingerprint density at radius 2 is 2.16 bits per heavy atom. The zero-order valence-corrected chi connectivity index (χ0v) is 13.7. The molecule has 128 valence electrons. The van der Waals surface area contributed by atoms with Gasteiger partial charge in [-0.05, 0) is 13.0 Å². The summed E-state index contributed by atoms with van der Waals surface area (Å²) in [7, 11) is 0. The fraction of sp³-hybridized carbons (Fsp3) is 0.294. The molecule has 1 saturated heterocycles. The molecule has 8 heteroatoms. The average molecular weight is 339 g/mol. The van der Waals surface area contributed by atoms with Gasteiger partial charge in [-0.25, -0.2) is 0 Å². The smallest absolute Gasteiger partial charge is 0.272 e. The molecule has 1 amide bonds. The van der Waals surface area contributed by atoms with Crippen molar-refractivity contribution in [3.8, 4) is 11.3 Å². The Balaban J connectivity index is 1.58. The Labute approximate surface area is 143 Å². The molecular weight excluding hydrogens is 322 g/mol. The van der Waals surface area contributed by atoms with Gasteiger partial charge in [-0.3, -0.25) is 9.89 Å². The lowest BCUT2D eigenvalue weighted by Gasteiger charge is -2.33. The van der Waals surface area contributed by atoms with Gasteiger partial charge in [0.2, 0.25) is 6.39 Å².